The van der Waals surface area contributed by atoms with Crippen molar-refractivity contribution >= 4 is 34.4 Å². The Morgan fingerprint density at radius 2 is 2.04 bits per heavy atom. The van der Waals surface area contributed by atoms with E-state index in [2.05, 4.69) is 15.6 Å². The number of anilines is 1. The Kier molecular flexibility index (Phi) is 5.82. The summed E-state index contributed by atoms with van der Waals surface area (Å²) in [6.07, 6.45) is 1.06. The third-order valence-electron chi connectivity index (χ3n) is 3.82. The van der Waals surface area contributed by atoms with E-state index in [9.17, 15) is 9.59 Å². The molecule has 1 aromatic carbocycles. The largest absolute Gasteiger partial charge is 0.326 e. The predicted octanol–water partition coefficient (Wildman–Crippen LogP) is 3.02. The zero-order valence-electron chi connectivity index (χ0n) is 14.0. The van der Waals surface area contributed by atoms with Crippen molar-refractivity contribution in [1.29, 1.82) is 0 Å². The number of amides is 2. The number of para-hydroxylation sites is 1. The van der Waals surface area contributed by atoms with Gasteiger partial charge in [0.1, 0.15) is 5.25 Å². The first-order chi connectivity index (χ1) is 10.9. The van der Waals surface area contributed by atoms with Crippen molar-refractivity contribution in [2.75, 3.05) is 5.32 Å². The lowest BCUT2D eigenvalue weighted by atomic mass is 10.1. The Balaban J connectivity index is 1.98. The van der Waals surface area contributed by atoms with Crippen LogP contribution in [0.3, 0.4) is 0 Å². The monoisotopic (exact) mass is 333 g/mol. The molecule has 2 amide bonds. The van der Waals surface area contributed by atoms with Gasteiger partial charge < -0.3 is 10.6 Å². The molecule has 1 aliphatic heterocycles. The summed E-state index contributed by atoms with van der Waals surface area (Å²) in [5, 5.41) is 5.88. The van der Waals surface area contributed by atoms with E-state index in [1.807, 2.05) is 45.9 Å². The van der Waals surface area contributed by atoms with Crippen LogP contribution in [0.5, 0.6) is 0 Å². The lowest BCUT2D eigenvalue weighted by molar-refractivity contribution is -0.122. The van der Waals surface area contributed by atoms with Gasteiger partial charge in [0, 0.05) is 18.2 Å². The molecule has 2 atom stereocenters. The van der Waals surface area contributed by atoms with Gasteiger partial charge in [-0.25, -0.2) is 0 Å². The van der Waals surface area contributed by atoms with Gasteiger partial charge in [-0.3, -0.25) is 14.6 Å². The van der Waals surface area contributed by atoms with Crippen LogP contribution in [-0.4, -0.2) is 28.3 Å². The average molecular weight is 333 g/mol. The van der Waals surface area contributed by atoms with Gasteiger partial charge in [-0.05, 0) is 38.3 Å². The maximum Gasteiger partial charge on any atom is 0.240 e. The summed E-state index contributed by atoms with van der Waals surface area (Å²) in [6.45, 7) is 7.96. The van der Waals surface area contributed by atoms with Crippen molar-refractivity contribution in [2.24, 2.45) is 4.99 Å². The summed E-state index contributed by atoms with van der Waals surface area (Å²) in [6, 6.07) is 6.03. The standard InChI is InChI=1S/C17H23N3O2S/c1-5-12(4)18-17-20-16(22)13(23-17)9-14(21)19-15-10(2)7-6-8-11(15)3/h6-8,12-13H,5,9H2,1-4H3,(H,19,21)(H,18,20,22)/t12-,13-/m0/s1. The van der Waals surface area contributed by atoms with E-state index < -0.39 is 5.25 Å². The fraction of sp³-hybridized carbons (Fsp3) is 0.471. The van der Waals surface area contributed by atoms with E-state index in [0.717, 1.165) is 23.2 Å². The number of hydrogen-bond donors (Lipinski definition) is 2. The Morgan fingerprint density at radius 1 is 1.39 bits per heavy atom. The third-order valence-corrected chi connectivity index (χ3v) is 4.92. The number of amidine groups is 1. The van der Waals surface area contributed by atoms with Crippen molar-refractivity contribution in [3.05, 3.63) is 29.3 Å². The molecule has 2 N–H and O–H groups in total. The molecule has 1 saturated heterocycles. The van der Waals surface area contributed by atoms with Gasteiger partial charge in [-0.15, -0.1) is 0 Å². The zero-order valence-corrected chi connectivity index (χ0v) is 14.8. The van der Waals surface area contributed by atoms with E-state index in [0.29, 0.717) is 5.17 Å². The number of benzene rings is 1. The van der Waals surface area contributed by atoms with Crippen LogP contribution in [0.15, 0.2) is 23.2 Å². The summed E-state index contributed by atoms with van der Waals surface area (Å²) >= 11 is 1.34. The maximum absolute atomic E-state index is 12.3. The number of aryl methyl sites for hydroxylation is 2. The molecular formula is C17H23N3O2S. The highest BCUT2D eigenvalue weighted by Crippen LogP contribution is 2.25. The van der Waals surface area contributed by atoms with E-state index in [1.165, 1.54) is 11.8 Å². The van der Waals surface area contributed by atoms with Gasteiger partial charge in [0.15, 0.2) is 5.17 Å². The van der Waals surface area contributed by atoms with Crippen LogP contribution in [0.25, 0.3) is 0 Å². The first-order valence-corrected chi connectivity index (χ1v) is 8.70. The van der Waals surface area contributed by atoms with Crippen molar-refractivity contribution in [2.45, 2.75) is 51.8 Å². The first kappa shape index (κ1) is 17.5. The maximum atomic E-state index is 12.3. The van der Waals surface area contributed by atoms with E-state index in [-0.39, 0.29) is 24.3 Å². The number of hydrogen-bond acceptors (Lipinski definition) is 4. The quantitative estimate of drug-likeness (QED) is 0.870. The molecule has 2 rings (SSSR count). The van der Waals surface area contributed by atoms with Crippen molar-refractivity contribution in [3.8, 4) is 0 Å². The SMILES string of the molecule is CC[C@H](C)N=C1NC(=O)[C@H](CC(=O)Nc2c(C)cccc2C)S1. The molecule has 1 heterocycles. The smallest absolute Gasteiger partial charge is 0.240 e. The summed E-state index contributed by atoms with van der Waals surface area (Å²) < 4.78 is 0. The number of carbonyl (C=O) groups is 2. The molecule has 0 aliphatic carbocycles. The second-order valence-electron chi connectivity index (χ2n) is 5.81. The van der Waals surface area contributed by atoms with Gasteiger partial charge in [-0.1, -0.05) is 36.9 Å². The Morgan fingerprint density at radius 3 is 2.65 bits per heavy atom. The minimum Gasteiger partial charge on any atom is -0.326 e. The number of thioether (sulfide) groups is 1. The van der Waals surface area contributed by atoms with Crippen LogP contribution in [0.2, 0.25) is 0 Å². The molecule has 1 aromatic rings. The number of carbonyl (C=O) groups excluding carboxylic acids is 2. The minimum absolute atomic E-state index is 0.143. The summed E-state index contributed by atoms with van der Waals surface area (Å²) in [5.74, 6) is -0.298. The normalized spacial score (nSPS) is 20.4. The summed E-state index contributed by atoms with van der Waals surface area (Å²) in [5.41, 5.74) is 2.86. The second-order valence-corrected chi connectivity index (χ2v) is 7.00. The highest BCUT2D eigenvalue weighted by atomic mass is 32.2. The molecular weight excluding hydrogens is 310 g/mol. The van der Waals surface area contributed by atoms with Crippen LogP contribution in [0, 0.1) is 13.8 Å². The van der Waals surface area contributed by atoms with E-state index in [4.69, 9.17) is 0 Å². The van der Waals surface area contributed by atoms with Crippen LogP contribution in [0.4, 0.5) is 5.69 Å². The lowest BCUT2D eigenvalue weighted by Gasteiger charge is -2.12. The molecule has 1 aliphatic rings. The number of rotatable bonds is 5. The number of nitrogens with zero attached hydrogens (tertiary/aromatic N) is 1. The zero-order chi connectivity index (χ0) is 17.0. The van der Waals surface area contributed by atoms with Crippen LogP contribution < -0.4 is 10.6 Å². The first-order valence-electron chi connectivity index (χ1n) is 7.82. The number of nitrogens with one attached hydrogen (secondary N) is 2. The molecule has 0 bridgehead atoms. The lowest BCUT2D eigenvalue weighted by Crippen LogP contribution is -2.28. The molecule has 0 aromatic heterocycles. The molecule has 1 fully saturated rings. The molecule has 6 heteroatoms. The fourth-order valence-corrected chi connectivity index (χ4v) is 3.33. The van der Waals surface area contributed by atoms with Gasteiger partial charge in [0.2, 0.25) is 11.8 Å². The van der Waals surface area contributed by atoms with Gasteiger partial charge >= 0.3 is 0 Å². The topological polar surface area (TPSA) is 70.6 Å². The third kappa shape index (κ3) is 4.58. The average Bonchev–Trinajstić information content (AvgIpc) is 2.82. The molecule has 124 valence electrons. The van der Waals surface area contributed by atoms with E-state index >= 15 is 0 Å². The Hall–Kier alpha value is -1.82. The molecule has 5 nitrogen and oxygen atoms in total. The molecule has 0 unspecified atom stereocenters. The summed E-state index contributed by atoms with van der Waals surface area (Å²) in [7, 11) is 0. The number of aliphatic imine (C=N–C) groups is 1. The van der Waals surface area contributed by atoms with Crippen LogP contribution in [0.1, 0.15) is 37.8 Å². The highest BCUT2D eigenvalue weighted by Gasteiger charge is 2.32. The minimum atomic E-state index is -0.415. The second kappa shape index (κ2) is 7.64. The highest BCUT2D eigenvalue weighted by molar-refractivity contribution is 8.15. The molecule has 0 saturated carbocycles. The Labute approximate surface area is 141 Å². The van der Waals surface area contributed by atoms with Gasteiger partial charge in [-0.2, -0.15) is 0 Å². The van der Waals surface area contributed by atoms with Gasteiger partial charge in [0.05, 0.1) is 0 Å². The fourth-order valence-electron chi connectivity index (χ4n) is 2.26. The van der Waals surface area contributed by atoms with Crippen molar-refractivity contribution in [3.63, 3.8) is 0 Å². The van der Waals surface area contributed by atoms with E-state index in [1.54, 1.807) is 0 Å². The van der Waals surface area contributed by atoms with Gasteiger partial charge in [0.25, 0.3) is 0 Å². The van der Waals surface area contributed by atoms with Crippen LogP contribution in [-0.2, 0) is 9.59 Å². The Bertz CT molecular complexity index is 622. The van der Waals surface area contributed by atoms with Crippen LogP contribution >= 0.6 is 11.8 Å². The van der Waals surface area contributed by atoms with Crippen molar-refractivity contribution < 1.29 is 9.59 Å². The predicted molar refractivity (Wildman–Crippen MR) is 95.9 cm³/mol. The summed E-state index contributed by atoms with van der Waals surface area (Å²) in [4.78, 5) is 28.7. The van der Waals surface area contributed by atoms with Crippen molar-refractivity contribution in [1.82, 2.24) is 5.32 Å². The molecule has 23 heavy (non-hydrogen) atoms. The molecule has 0 radical (unpaired) electrons. The molecule has 0 spiro atoms.